The summed E-state index contributed by atoms with van der Waals surface area (Å²) in [5.41, 5.74) is 2.75. The zero-order chi connectivity index (χ0) is 20.2. The van der Waals surface area contributed by atoms with E-state index in [1.165, 1.54) is 0 Å². The van der Waals surface area contributed by atoms with Crippen molar-refractivity contribution in [2.45, 2.75) is 31.0 Å². The number of aryl methyl sites for hydroxylation is 2. The molecule has 3 aromatic rings. The van der Waals surface area contributed by atoms with Gasteiger partial charge in [0.15, 0.2) is 5.76 Å². The highest BCUT2D eigenvalue weighted by molar-refractivity contribution is 7.98. The van der Waals surface area contributed by atoms with Crippen molar-refractivity contribution in [3.8, 4) is 0 Å². The van der Waals surface area contributed by atoms with E-state index in [2.05, 4.69) is 20.4 Å². The van der Waals surface area contributed by atoms with Gasteiger partial charge in [-0.3, -0.25) is 9.69 Å². The van der Waals surface area contributed by atoms with E-state index in [1.807, 2.05) is 49.1 Å². The van der Waals surface area contributed by atoms with Gasteiger partial charge in [-0.05, 0) is 26.0 Å². The van der Waals surface area contributed by atoms with E-state index < -0.39 is 0 Å². The summed E-state index contributed by atoms with van der Waals surface area (Å²) in [7, 11) is 0. The minimum atomic E-state index is 0.109. The number of piperazine rings is 1. The van der Waals surface area contributed by atoms with E-state index in [1.54, 1.807) is 23.1 Å². The van der Waals surface area contributed by atoms with Crippen molar-refractivity contribution in [1.82, 2.24) is 19.9 Å². The molecule has 8 heteroatoms. The molecule has 1 amide bonds. The average molecular weight is 429 g/mol. The van der Waals surface area contributed by atoms with Gasteiger partial charge in [0.25, 0.3) is 5.91 Å². The van der Waals surface area contributed by atoms with Gasteiger partial charge in [0.2, 0.25) is 0 Å². The molecular formula is C21H24N4O2S2. The summed E-state index contributed by atoms with van der Waals surface area (Å²) in [6, 6.07) is 9.85. The van der Waals surface area contributed by atoms with Gasteiger partial charge in [-0.15, -0.1) is 23.1 Å². The SMILES string of the molecule is Cc1cc(CN2CCN(C(=O)c3ccccc3SCc3csc(C)n3)CC2)on1. The molecule has 1 fully saturated rings. The van der Waals surface area contributed by atoms with E-state index in [-0.39, 0.29) is 5.91 Å². The fourth-order valence-electron chi connectivity index (χ4n) is 3.39. The Bertz CT molecular complexity index is 976. The highest BCUT2D eigenvalue weighted by atomic mass is 32.2. The first kappa shape index (κ1) is 20.1. The second-order valence-electron chi connectivity index (χ2n) is 7.15. The standard InChI is InChI=1S/C21H24N4O2S2/c1-15-11-18(27-23-15)12-24-7-9-25(10-8-24)21(26)19-5-3-4-6-20(19)29-14-17-13-28-16(2)22-17/h3-6,11,13H,7-10,12,14H2,1-2H3. The lowest BCUT2D eigenvalue weighted by Gasteiger charge is -2.34. The maximum atomic E-state index is 13.2. The number of hydrogen-bond donors (Lipinski definition) is 0. The van der Waals surface area contributed by atoms with Crippen LogP contribution < -0.4 is 0 Å². The molecule has 2 aromatic heterocycles. The van der Waals surface area contributed by atoms with Crippen LogP contribution in [0.3, 0.4) is 0 Å². The third-order valence-electron chi connectivity index (χ3n) is 4.88. The first-order chi connectivity index (χ1) is 14.1. The lowest BCUT2D eigenvalue weighted by Crippen LogP contribution is -2.48. The number of carbonyl (C=O) groups is 1. The van der Waals surface area contributed by atoms with Gasteiger partial charge in [0, 0.05) is 48.3 Å². The van der Waals surface area contributed by atoms with Crippen molar-refractivity contribution in [3.05, 3.63) is 63.4 Å². The number of hydrogen-bond acceptors (Lipinski definition) is 7. The highest BCUT2D eigenvalue weighted by Gasteiger charge is 2.24. The number of benzene rings is 1. The molecule has 6 nitrogen and oxygen atoms in total. The molecule has 152 valence electrons. The molecule has 0 aliphatic carbocycles. The first-order valence-corrected chi connectivity index (χ1v) is 11.5. The number of thioether (sulfide) groups is 1. The van der Waals surface area contributed by atoms with Crippen LogP contribution in [-0.2, 0) is 12.3 Å². The average Bonchev–Trinajstić information content (AvgIpc) is 3.34. The van der Waals surface area contributed by atoms with Crippen molar-refractivity contribution in [1.29, 1.82) is 0 Å². The van der Waals surface area contributed by atoms with E-state index in [9.17, 15) is 4.79 Å². The predicted octanol–water partition coefficient (Wildman–Crippen LogP) is 4.00. The van der Waals surface area contributed by atoms with E-state index in [4.69, 9.17) is 4.52 Å². The van der Waals surface area contributed by atoms with Crippen molar-refractivity contribution >= 4 is 29.0 Å². The number of thiazole rings is 1. The summed E-state index contributed by atoms with van der Waals surface area (Å²) in [5, 5.41) is 7.10. The van der Waals surface area contributed by atoms with Gasteiger partial charge < -0.3 is 9.42 Å². The van der Waals surface area contributed by atoms with Gasteiger partial charge in [0.05, 0.1) is 28.5 Å². The van der Waals surface area contributed by atoms with Crippen LogP contribution in [0.5, 0.6) is 0 Å². The Morgan fingerprint density at radius 3 is 2.69 bits per heavy atom. The molecular weight excluding hydrogens is 404 g/mol. The topological polar surface area (TPSA) is 62.5 Å². The molecule has 1 aromatic carbocycles. The Kier molecular flexibility index (Phi) is 6.32. The normalized spacial score (nSPS) is 15.0. The summed E-state index contributed by atoms with van der Waals surface area (Å²) in [5.74, 6) is 1.76. The third kappa shape index (κ3) is 5.07. The van der Waals surface area contributed by atoms with Crippen LogP contribution in [0.15, 0.2) is 45.1 Å². The maximum absolute atomic E-state index is 13.2. The number of carbonyl (C=O) groups excluding carboxylic acids is 1. The van der Waals surface area contributed by atoms with Crippen molar-refractivity contribution in [2.24, 2.45) is 0 Å². The van der Waals surface area contributed by atoms with Crippen molar-refractivity contribution < 1.29 is 9.32 Å². The Morgan fingerprint density at radius 2 is 2.00 bits per heavy atom. The van der Waals surface area contributed by atoms with E-state index >= 15 is 0 Å². The molecule has 3 heterocycles. The van der Waals surface area contributed by atoms with Crippen molar-refractivity contribution in [2.75, 3.05) is 26.2 Å². The van der Waals surface area contributed by atoms with Crippen LogP contribution in [0, 0.1) is 13.8 Å². The van der Waals surface area contributed by atoms with Crippen LogP contribution in [0.2, 0.25) is 0 Å². The van der Waals surface area contributed by atoms with Crippen molar-refractivity contribution in [3.63, 3.8) is 0 Å². The molecule has 0 radical (unpaired) electrons. The number of nitrogens with zero attached hydrogens (tertiary/aromatic N) is 4. The molecule has 0 saturated carbocycles. The van der Waals surface area contributed by atoms with Gasteiger partial charge >= 0.3 is 0 Å². The van der Waals surface area contributed by atoms with Gasteiger partial charge in [-0.1, -0.05) is 17.3 Å². The molecule has 0 atom stereocenters. The molecule has 1 aliphatic heterocycles. The Labute approximate surface area is 178 Å². The molecule has 0 spiro atoms. The molecule has 0 bridgehead atoms. The summed E-state index contributed by atoms with van der Waals surface area (Å²) >= 11 is 3.34. The fourth-order valence-corrected chi connectivity index (χ4v) is 5.04. The minimum Gasteiger partial charge on any atom is -0.360 e. The summed E-state index contributed by atoms with van der Waals surface area (Å²) in [6.45, 7) is 7.78. The van der Waals surface area contributed by atoms with Gasteiger partial charge in [0.1, 0.15) is 0 Å². The molecule has 0 N–H and O–H groups in total. The third-order valence-corrected chi connectivity index (χ3v) is 6.80. The van der Waals surface area contributed by atoms with E-state index in [0.29, 0.717) is 0 Å². The number of rotatable bonds is 6. The molecule has 1 aliphatic rings. The zero-order valence-electron chi connectivity index (χ0n) is 16.6. The van der Waals surface area contributed by atoms with Crippen LogP contribution in [0.25, 0.3) is 0 Å². The lowest BCUT2D eigenvalue weighted by molar-refractivity contribution is 0.0614. The summed E-state index contributed by atoms with van der Waals surface area (Å²) in [4.78, 5) is 22.9. The molecule has 0 unspecified atom stereocenters. The second kappa shape index (κ2) is 9.11. The number of amides is 1. The minimum absolute atomic E-state index is 0.109. The van der Waals surface area contributed by atoms with Crippen LogP contribution in [0.1, 0.15) is 32.5 Å². The maximum Gasteiger partial charge on any atom is 0.255 e. The lowest BCUT2D eigenvalue weighted by atomic mass is 10.1. The first-order valence-electron chi connectivity index (χ1n) is 9.65. The number of aromatic nitrogens is 2. The smallest absolute Gasteiger partial charge is 0.255 e. The second-order valence-corrected chi connectivity index (χ2v) is 9.23. The van der Waals surface area contributed by atoms with Crippen LogP contribution in [0.4, 0.5) is 0 Å². The Hall–Kier alpha value is -2.16. The quantitative estimate of drug-likeness (QED) is 0.553. The summed E-state index contributed by atoms with van der Waals surface area (Å²) < 4.78 is 5.31. The van der Waals surface area contributed by atoms with Crippen LogP contribution >= 0.6 is 23.1 Å². The molecule has 4 rings (SSSR count). The Morgan fingerprint density at radius 1 is 1.21 bits per heavy atom. The zero-order valence-corrected chi connectivity index (χ0v) is 18.3. The highest BCUT2D eigenvalue weighted by Crippen LogP contribution is 2.28. The Balaban J connectivity index is 1.36. The monoisotopic (exact) mass is 428 g/mol. The van der Waals surface area contributed by atoms with Gasteiger partial charge in [-0.25, -0.2) is 4.98 Å². The molecule has 1 saturated heterocycles. The largest absolute Gasteiger partial charge is 0.360 e. The van der Waals surface area contributed by atoms with E-state index in [0.717, 1.165) is 71.1 Å². The van der Waals surface area contributed by atoms with Gasteiger partial charge in [-0.2, -0.15) is 0 Å². The fraction of sp³-hybridized carbons (Fsp3) is 0.381. The van der Waals surface area contributed by atoms with Crippen LogP contribution in [-0.4, -0.2) is 52.0 Å². The predicted molar refractivity (Wildman–Crippen MR) is 115 cm³/mol. The summed E-state index contributed by atoms with van der Waals surface area (Å²) in [6.07, 6.45) is 0. The molecule has 29 heavy (non-hydrogen) atoms.